The van der Waals surface area contributed by atoms with Gasteiger partial charge in [-0.1, -0.05) is 68.8 Å². The van der Waals surface area contributed by atoms with Crippen LogP contribution in [0.25, 0.3) is 10.9 Å². The predicted molar refractivity (Wildman–Crippen MR) is 230 cm³/mol. The number of anilines is 1. The smallest absolute Gasteiger partial charge is 0.435 e. The molecule has 1 heterocycles. The van der Waals surface area contributed by atoms with Gasteiger partial charge < -0.3 is 27.9 Å². The normalized spacial score (nSPS) is 13.4. The summed E-state index contributed by atoms with van der Waals surface area (Å²) in [5, 5.41) is 4.27. The summed E-state index contributed by atoms with van der Waals surface area (Å²) in [6.45, 7) is 14.1. The average Bonchev–Trinajstić information content (AvgIpc) is 3.51. The number of nitrogens with zero attached hydrogens (tertiary/aromatic N) is 4. The molecule has 2 unspecified atom stereocenters. The van der Waals surface area contributed by atoms with Gasteiger partial charge in [-0.15, -0.1) is 5.10 Å². The second-order valence-corrected chi connectivity index (χ2v) is 22.2. The lowest BCUT2D eigenvalue weighted by molar-refractivity contribution is -0.152. The fourth-order valence-corrected chi connectivity index (χ4v) is 10.1. The van der Waals surface area contributed by atoms with E-state index < -0.39 is 68.0 Å². The van der Waals surface area contributed by atoms with Gasteiger partial charge in [-0.3, -0.25) is 18.2 Å². The Bertz CT molecular complexity index is 2070. The second kappa shape index (κ2) is 21.1. The molecule has 18 heteroatoms. The van der Waals surface area contributed by atoms with E-state index in [9.17, 15) is 27.1 Å². The zero-order valence-electron chi connectivity index (χ0n) is 35.7. The Balaban J connectivity index is 1.70. The number of carbonyl (C=O) groups excluding carboxylic acids is 2. The van der Waals surface area contributed by atoms with Crippen molar-refractivity contribution in [2.45, 2.75) is 111 Å². The molecule has 0 saturated heterocycles. The van der Waals surface area contributed by atoms with Crippen LogP contribution in [0.2, 0.25) is 23.2 Å². The van der Waals surface area contributed by atoms with Gasteiger partial charge >= 0.3 is 18.7 Å². The van der Waals surface area contributed by atoms with E-state index >= 15 is 0 Å². The SMILES string of the molecule is CC[Si](CC)(CC)OC(CN(CCOc1ccc2c(OC(F)F)nn(C(=O)OC(C)(C)C)c2c1)Cc1ccccc1)c1ccc(Cl)c(N(CC(=O)OC(C)(C)C)S(=O)[O-])c1. The van der Waals surface area contributed by atoms with Gasteiger partial charge in [-0.05, 0) is 95.1 Å². The average molecular weight is 895 g/mol. The zero-order chi connectivity index (χ0) is 44.4. The first-order chi connectivity index (χ1) is 28.2. The van der Waals surface area contributed by atoms with Gasteiger partial charge in [0.25, 0.3) is 0 Å². The van der Waals surface area contributed by atoms with Gasteiger partial charge in [0.15, 0.2) is 8.32 Å². The van der Waals surface area contributed by atoms with Crippen molar-refractivity contribution in [3.05, 3.63) is 82.9 Å². The van der Waals surface area contributed by atoms with Gasteiger partial charge in [0, 0.05) is 37.0 Å². The summed E-state index contributed by atoms with van der Waals surface area (Å²) in [5.74, 6) is -0.821. The van der Waals surface area contributed by atoms with Gasteiger partial charge in [-0.25, -0.2) is 4.79 Å². The predicted octanol–water partition coefficient (Wildman–Crippen LogP) is 9.66. The topological polar surface area (TPSA) is 145 Å². The Kier molecular flexibility index (Phi) is 17.1. The second-order valence-electron chi connectivity index (χ2n) is 16.2. The molecule has 3 aromatic carbocycles. The number of ether oxygens (including phenoxy) is 4. The number of halogens is 3. The fourth-order valence-electron chi connectivity index (χ4n) is 6.52. The van der Waals surface area contributed by atoms with Crippen molar-refractivity contribution in [3.8, 4) is 11.6 Å². The Morgan fingerprint density at radius 2 is 1.58 bits per heavy atom. The van der Waals surface area contributed by atoms with Crippen LogP contribution in [0, 0.1) is 0 Å². The van der Waals surface area contributed by atoms with E-state index in [1.807, 2.05) is 36.4 Å². The Morgan fingerprint density at radius 3 is 2.17 bits per heavy atom. The van der Waals surface area contributed by atoms with Crippen LogP contribution in [-0.4, -0.2) is 87.9 Å². The van der Waals surface area contributed by atoms with E-state index in [1.54, 1.807) is 59.7 Å². The summed E-state index contributed by atoms with van der Waals surface area (Å²) in [7, 11) is -2.31. The number of carbonyl (C=O) groups is 2. The summed E-state index contributed by atoms with van der Waals surface area (Å²) in [6.07, 6.45) is -1.42. The van der Waals surface area contributed by atoms with Crippen LogP contribution >= 0.6 is 11.6 Å². The molecule has 13 nitrogen and oxygen atoms in total. The van der Waals surface area contributed by atoms with Crippen LogP contribution in [0.3, 0.4) is 0 Å². The lowest BCUT2D eigenvalue weighted by atomic mass is 10.1. The largest absolute Gasteiger partial charge is 0.755 e. The van der Waals surface area contributed by atoms with E-state index in [-0.39, 0.29) is 28.2 Å². The highest BCUT2D eigenvalue weighted by atomic mass is 35.5. The van der Waals surface area contributed by atoms with Crippen LogP contribution in [0.1, 0.15) is 79.5 Å². The summed E-state index contributed by atoms with van der Waals surface area (Å²) in [5.41, 5.74) is 0.250. The molecule has 1 aromatic heterocycles. The molecule has 0 aliphatic rings. The van der Waals surface area contributed by atoms with E-state index in [0.717, 1.165) is 32.7 Å². The maximum absolute atomic E-state index is 13.3. The van der Waals surface area contributed by atoms with Crippen LogP contribution < -0.4 is 13.8 Å². The Morgan fingerprint density at radius 1 is 0.933 bits per heavy atom. The van der Waals surface area contributed by atoms with Crippen molar-refractivity contribution >= 4 is 59.8 Å². The van der Waals surface area contributed by atoms with Crippen molar-refractivity contribution in [3.63, 3.8) is 0 Å². The number of esters is 1. The quantitative estimate of drug-likeness (QED) is 0.0475. The standard InChI is InChI=1S/C42H57ClF2N4O9SSi/c1-10-60(11-2,12-3)58-36(30-18-21-33(43)35(24-30)48(59(52)53)28-37(50)56-41(4,5)6)27-47(26-29-16-14-13-15-17-29)22-23-54-31-19-20-32-34(25-31)49(40(51)57-42(7,8)9)46-38(32)55-39(44)45/h13-21,24-25,36,39H,10-12,22-23,26-28H2,1-9H3,(H,52,53)/p-1. The molecule has 0 aliphatic carbocycles. The molecule has 0 saturated carbocycles. The Labute approximate surface area is 359 Å². The lowest BCUT2D eigenvalue weighted by Gasteiger charge is -2.37. The minimum absolute atomic E-state index is 0.111. The Hall–Kier alpha value is -4.13. The molecule has 0 spiro atoms. The van der Waals surface area contributed by atoms with Crippen LogP contribution in [0.5, 0.6) is 11.6 Å². The number of alkyl halides is 2. The highest BCUT2D eigenvalue weighted by molar-refractivity contribution is 7.80. The van der Waals surface area contributed by atoms with Gasteiger partial charge in [0.05, 0.1) is 27.7 Å². The van der Waals surface area contributed by atoms with E-state index in [1.165, 1.54) is 12.1 Å². The highest BCUT2D eigenvalue weighted by Crippen LogP contribution is 2.36. The number of aromatic nitrogens is 2. The van der Waals surface area contributed by atoms with Crippen LogP contribution in [0.4, 0.5) is 19.3 Å². The zero-order valence-corrected chi connectivity index (χ0v) is 38.2. The van der Waals surface area contributed by atoms with E-state index in [0.29, 0.717) is 30.9 Å². The maximum atomic E-state index is 13.3. The molecule has 4 aromatic rings. The molecular formula is C42H56ClF2N4O9SSi-. The first-order valence-corrected chi connectivity index (χ1v) is 23.8. The number of hydrogen-bond acceptors (Lipinski definition) is 11. The van der Waals surface area contributed by atoms with Gasteiger partial charge in [0.2, 0.25) is 5.88 Å². The van der Waals surface area contributed by atoms with E-state index in [2.05, 4.69) is 35.5 Å². The molecule has 60 heavy (non-hydrogen) atoms. The van der Waals surface area contributed by atoms with Crippen LogP contribution in [-0.2, 0) is 36.5 Å². The highest BCUT2D eigenvalue weighted by Gasteiger charge is 2.34. The monoisotopic (exact) mass is 893 g/mol. The first kappa shape index (κ1) is 48.5. The molecule has 0 amide bonds. The first-order valence-electron chi connectivity index (χ1n) is 19.8. The van der Waals surface area contributed by atoms with Crippen molar-refractivity contribution in [1.82, 2.24) is 14.7 Å². The van der Waals surface area contributed by atoms with Crippen molar-refractivity contribution in [2.75, 3.05) is 30.5 Å². The van der Waals surface area contributed by atoms with Crippen molar-refractivity contribution < 1.29 is 50.5 Å². The third-order valence-electron chi connectivity index (χ3n) is 9.54. The minimum Gasteiger partial charge on any atom is -0.755 e. The number of rotatable bonds is 20. The molecule has 0 radical (unpaired) electrons. The third kappa shape index (κ3) is 14.0. The minimum atomic E-state index is -3.17. The molecule has 0 N–H and O–H groups in total. The number of hydrogen-bond donors (Lipinski definition) is 0. The van der Waals surface area contributed by atoms with Crippen molar-refractivity contribution in [2.24, 2.45) is 0 Å². The summed E-state index contributed by atoms with van der Waals surface area (Å²) in [6, 6.07) is 22.0. The van der Waals surface area contributed by atoms with E-state index in [4.69, 9.17) is 30.2 Å². The lowest BCUT2D eigenvalue weighted by Crippen LogP contribution is -2.41. The molecule has 0 fully saturated rings. The summed E-state index contributed by atoms with van der Waals surface area (Å²) < 4.78 is 82.4. The van der Waals surface area contributed by atoms with Crippen molar-refractivity contribution in [1.29, 1.82) is 0 Å². The molecule has 0 aliphatic heterocycles. The maximum Gasteiger partial charge on any atom is 0.435 e. The number of fused-ring (bicyclic) bond motifs is 1. The fraction of sp³-hybridized carbons (Fsp3) is 0.500. The molecule has 2 atom stereocenters. The number of benzene rings is 3. The summed E-state index contributed by atoms with van der Waals surface area (Å²) in [4.78, 5) is 28.1. The summed E-state index contributed by atoms with van der Waals surface area (Å²) >= 11 is 3.76. The van der Waals surface area contributed by atoms with Gasteiger partial charge in [0.1, 0.15) is 30.1 Å². The molecular weight excluding hydrogens is 838 g/mol. The molecule has 4 rings (SSSR count). The van der Waals surface area contributed by atoms with Gasteiger partial charge in [-0.2, -0.15) is 13.5 Å². The molecule has 0 bridgehead atoms. The van der Waals surface area contributed by atoms with Crippen LogP contribution in [0.15, 0.2) is 66.7 Å². The third-order valence-corrected chi connectivity index (χ3v) is 15.2. The molecule has 330 valence electrons.